The fourth-order valence-corrected chi connectivity index (χ4v) is 0.789. The molecule has 4 heteroatoms. The quantitative estimate of drug-likeness (QED) is 0.619. The highest BCUT2D eigenvalue weighted by Gasteiger charge is 1.98. The van der Waals surface area contributed by atoms with Gasteiger partial charge in [0.15, 0.2) is 5.82 Å². The van der Waals surface area contributed by atoms with Crippen molar-refractivity contribution in [2.75, 3.05) is 20.6 Å². The molecule has 0 atom stereocenters. The standard InChI is InChI=1S/C10H12FN3/c1-8-9(11)7-12-10(13-8)5-4-6-14(2)3/h7H,6H2,1-3H3. The first kappa shape index (κ1) is 10.6. The van der Waals surface area contributed by atoms with Crippen molar-refractivity contribution < 1.29 is 4.39 Å². The molecule has 74 valence electrons. The lowest BCUT2D eigenvalue weighted by molar-refractivity contribution is 0.464. The number of hydrogen-bond acceptors (Lipinski definition) is 3. The Bertz CT molecular complexity index is 377. The van der Waals surface area contributed by atoms with E-state index < -0.39 is 5.82 Å². The molecule has 1 heterocycles. The average Bonchev–Trinajstić information content (AvgIpc) is 2.10. The van der Waals surface area contributed by atoms with Gasteiger partial charge >= 0.3 is 0 Å². The minimum absolute atomic E-state index is 0.328. The fraction of sp³-hybridized carbons (Fsp3) is 0.400. The first-order chi connectivity index (χ1) is 6.59. The normalized spacial score (nSPS) is 9.79. The molecule has 0 unspecified atom stereocenters. The lowest BCUT2D eigenvalue weighted by Gasteiger charge is -2.00. The van der Waals surface area contributed by atoms with E-state index >= 15 is 0 Å². The Kier molecular flexibility index (Phi) is 3.55. The second-order valence-electron chi connectivity index (χ2n) is 3.17. The van der Waals surface area contributed by atoms with Gasteiger partial charge in [-0.25, -0.2) is 14.4 Å². The maximum atomic E-state index is 12.8. The monoisotopic (exact) mass is 193 g/mol. The van der Waals surface area contributed by atoms with Gasteiger partial charge in [-0.15, -0.1) is 0 Å². The first-order valence-electron chi connectivity index (χ1n) is 4.22. The van der Waals surface area contributed by atoms with Gasteiger partial charge in [-0.05, 0) is 26.9 Å². The second kappa shape index (κ2) is 4.68. The van der Waals surface area contributed by atoms with Crippen molar-refractivity contribution in [1.82, 2.24) is 14.9 Å². The number of nitrogens with zero attached hydrogens (tertiary/aromatic N) is 3. The molecule has 0 radical (unpaired) electrons. The zero-order chi connectivity index (χ0) is 10.6. The summed E-state index contributed by atoms with van der Waals surface area (Å²) in [6, 6.07) is 0. The summed E-state index contributed by atoms with van der Waals surface area (Å²) in [6.07, 6.45) is 1.14. The van der Waals surface area contributed by atoms with Crippen molar-refractivity contribution >= 4 is 0 Å². The molecule has 0 bridgehead atoms. The third-order valence-corrected chi connectivity index (χ3v) is 1.51. The predicted molar refractivity (Wildman–Crippen MR) is 52.2 cm³/mol. The van der Waals surface area contributed by atoms with Gasteiger partial charge in [-0.3, -0.25) is 4.90 Å². The van der Waals surface area contributed by atoms with E-state index in [2.05, 4.69) is 21.8 Å². The van der Waals surface area contributed by atoms with Crippen LogP contribution in [0, 0.1) is 24.6 Å². The highest BCUT2D eigenvalue weighted by Crippen LogP contribution is 1.99. The van der Waals surface area contributed by atoms with E-state index in [4.69, 9.17) is 0 Å². The molecule has 0 aliphatic carbocycles. The van der Waals surface area contributed by atoms with Gasteiger partial charge in [0.2, 0.25) is 5.82 Å². The molecule has 1 aromatic heterocycles. The topological polar surface area (TPSA) is 29.0 Å². The van der Waals surface area contributed by atoms with Crippen LogP contribution in [-0.4, -0.2) is 35.5 Å². The Hall–Kier alpha value is -1.47. The van der Waals surface area contributed by atoms with Gasteiger partial charge in [0.25, 0.3) is 0 Å². The number of halogens is 1. The molecule has 3 nitrogen and oxygen atoms in total. The Morgan fingerprint density at radius 2 is 2.21 bits per heavy atom. The summed E-state index contributed by atoms with van der Waals surface area (Å²) in [5, 5.41) is 0. The third-order valence-electron chi connectivity index (χ3n) is 1.51. The van der Waals surface area contributed by atoms with Crippen LogP contribution in [-0.2, 0) is 0 Å². The smallest absolute Gasteiger partial charge is 0.205 e. The minimum Gasteiger partial charge on any atom is -0.299 e. The van der Waals surface area contributed by atoms with Crippen LogP contribution in [0.15, 0.2) is 6.20 Å². The summed E-state index contributed by atoms with van der Waals surface area (Å²) in [6.45, 7) is 2.23. The highest BCUT2D eigenvalue weighted by molar-refractivity contribution is 5.22. The fourth-order valence-electron chi connectivity index (χ4n) is 0.789. The van der Waals surface area contributed by atoms with Crippen molar-refractivity contribution in [3.63, 3.8) is 0 Å². The van der Waals surface area contributed by atoms with Crippen LogP contribution in [0.3, 0.4) is 0 Å². The molecule has 1 rings (SSSR count). The summed E-state index contributed by atoms with van der Waals surface area (Å²) < 4.78 is 12.8. The van der Waals surface area contributed by atoms with Gasteiger partial charge in [-0.2, -0.15) is 0 Å². The summed E-state index contributed by atoms with van der Waals surface area (Å²) in [4.78, 5) is 9.58. The van der Waals surface area contributed by atoms with Gasteiger partial charge in [0, 0.05) is 0 Å². The SMILES string of the molecule is Cc1nc(C#CCN(C)C)ncc1F. The number of rotatable bonds is 1. The van der Waals surface area contributed by atoms with E-state index in [1.165, 1.54) is 0 Å². The van der Waals surface area contributed by atoms with Crippen LogP contribution in [0.25, 0.3) is 0 Å². The van der Waals surface area contributed by atoms with Gasteiger partial charge in [0.1, 0.15) is 0 Å². The summed E-state index contributed by atoms with van der Waals surface area (Å²) in [5.74, 6) is 5.61. The molecule has 0 aliphatic heterocycles. The Morgan fingerprint density at radius 1 is 1.50 bits per heavy atom. The Morgan fingerprint density at radius 3 is 2.79 bits per heavy atom. The van der Waals surface area contributed by atoms with Crippen LogP contribution in [0.1, 0.15) is 11.5 Å². The largest absolute Gasteiger partial charge is 0.299 e. The van der Waals surface area contributed by atoms with E-state index in [0.717, 1.165) is 6.20 Å². The van der Waals surface area contributed by atoms with Crippen molar-refractivity contribution in [2.45, 2.75) is 6.92 Å². The van der Waals surface area contributed by atoms with E-state index in [0.29, 0.717) is 18.1 Å². The number of aryl methyl sites for hydroxylation is 1. The molecule has 0 N–H and O–H groups in total. The van der Waals surface area contributed by atoms with Crippen LogP contribution >= 0.6 is 0 Å². The minimum atomic E-state index is -0.400. The first-order valence-corrected chi connectivity index (χ1v) is 4.22. The Labute approximate surface area is 83.0 Å². The van der Waals surface area contributed by atoms with Gasteiger partial charge < -0.3 is 0 Å². The van der Waals surface area contributed by atoms with Crippen molar-refractivity contribution in [3.8, 4) is 11.8 Å². The molecular formula is C10H12FN3. The van der Waals surface area contributed by atoms with Crippen molar-refractivity contribution in [1.29, 1.82) is 0 Å². The van der Waals surface area contributed by atoms with Crippen LogP contribution in [0.2, 0.25) is 0 Å². The van der Waals surface area contributed by atoms with Crippen LogP contribution < -0.4 is 0 Å². The molecule has 0 fully saturated rings. The second-order valence-corrected chi connectivity index (χ2v) is 3.17. The zero-order valence-corrected chi connectivity index (χ0v) is 8.50. The molecule has 0 amide bonds. The van der Waals surface area contributed by atoms with Crippen molar-refractivity contribution in [2.24, 2.45) is 0 Å². The van der Waals surface area contributed by atoms with Crippen LogP contribution in [0.4, 0.5) is 4.39 Å². The molecule has 0 saturated heterocycles. The molecule has 0 saturated carbocycles. The van der Waals surface area contributed by atoms with Crippen LogP contribution in [0.5, 0.6) is 0 Å². The zero-order valence-electron chi connectivity index (χ0n) is 8.50. The maximum absolute atomic E-state index is 12.8. The molecular weight excluding hydrogens is 181 g/mol. The van der Waals surface area contributed by atoms with E-state index in [-0.39, 0.29) is 0 Å². The molecule has 14 heavy (non-hydrogen) atoms. The Balaban J connectivity index is 2.76. The lowest BCUT2D eigenvalue weighted by Crippen LogP contribution is -2.10. The number of hydrogen-bond donors (Lipinski definition) is 0. The van der Waals surface area contributed by atoms with E-state index in [1.807, 2.05) is 19.0 Å². The lowest BCUT2D eigenvalue weighted by atomic mass is 10.4. The summed E-state index contributed by atoms with van der Waals surface area (Å²) in [5.41, 5.74) is 0.328. The summed E-state index contributed by atoms with van der Waals surface area (Å²) in [7, 11) is 3.84. The molecule has 0 spiro atoms. The van der Waals surface area contributed by atoms with E-state index in [9.17, 15) is 4.39 Å². The molecule has 1 aromatic rings. The van der Waals surface area contributed by atoms with Gasteiger partial charge in [0.05, 0.1) is 18.4 Å². The average molecular weight is 193 g/mol. The summed E-state index contributed by atoms with van der Waals surface area (Å²) >= 11 is 0. The number of aromatic nitrogens is 2. The van der Waals surface area contributed by atoms with Gasteiger partial charge in [-0.1, -0.05) is 5.92 Å². The maximum Gasteiger partial charge on any atom is 0.205 e. The van der Waals surface area contributed by atoms with E-state index in [1.54, 1.807) is 6.92 Å². The molecule has 0 aromatic carbocycles. The highest BCUT2D eigenvalue weighted by atomic mass is 19.1. The molecule has 0 aliphatic rings. The predicted octanol–water partition coefficient (Wildman–Crippen LogP) is 0.837. The third kappa shape index (κ3) is 3.11. The van der Waals surface area contributed by atoms with Crippen molar-refractivity contribution in [3.05, 3.63) is 23.5 Å².